The molecule has 106 valence electrons. The molecule has 0 amide bonds. The van der Waals surface area contributed by atoms with Crippen LogP contribution in [0.1, 0.15) is 12.5 Å². The molecule has 4 nitrogen and oxygen atoms in total. The van der Waals surface area contributed by atoms with Gasteiger partial charge in [-0.25, -0.2) is 4.39 Å². The van der Waals surface area contributed by atoms with E-state index in [1.54, 1.807) is 6.07 Å². The second-order valence-corrected chi connectivity index (χ2v) is 4.69. The van der Waals surface area contributed by atoms with Gasteiger partial charge in [-0.3, -0.25) is 0 Å². The molecule has 0 radical (unpaired) electrons. The number of nitrogens with one attached hydrogen (secondary N) is 1. The minimum atomic E-state index is -0.227. The van der Waals surface area contributed by atoms with Crippen molar-refractivity contribution in [2.45, 2.75) is 19.6 Å². The number of anilines is 1. The van der Waals surface area contributed by atoms with Crippen molar-refractivity contribution in [2.75, 3.05) is 37.7 Å². The number of halogens is 1. The average Bonchev–Trinajstić information content (AvgIpc) is 2.45. The second-order valence-electron chi connectivity index (χ2n) is 4.69. The maximum absolute atomic E-state index is 14.1. The number of benzene rings is 1. The van der Waals surface area contributed by atoms with E-state index in [4.69, 9.17) is 9.84 Å². The summed E-state index contributed by atoms with van der Waals surface area (Å²) in [6, 6.07) is 5.31. The molecule has 2 N–H and O–H groups in total. The lowest BCUT2D eigenvalue weighted by Gasteiger charge is -2.34. The number of rotatable bonds is 5. The van der Waals surface area contributed by atoms with Crippen LogP contribution in [0.3, 0.4) is 0 Å². The molecule has 1 atom stereocenters. The number of hydrogen-bond acceptors (Lipinski definition) is 4. The third kappa shape index (κ3) is 3.65. The molecule has 0 saturated carbocycles. The smallest absolute Gasteiger partial charge is 0.146 e. The summed E-state index contributed by atoms with van der Waals surface area (Å²) in [7, 11) is 0. The zero-order valence-corrected chi connectivity index (χ0v) is 11.2. The number of ether oxygens (including phenoxy) is 1. The van der Waals surface area contributed by atoms with Crippen molar-refractivity contribution in [1.29, 1.82) is 0 Å². The van der Waals surface area contributed by atoms with Crippen LogP contribution in [0.2, 0.25) is 0 Å². The number of nitrogens with zero attached hydrogens (tertiary/aromatic N) is 1. The molecule has 1 saturated heterocycles. The van der Waals surface area contributed by atoms with Gasteiger partial charge in [-0.05, 0) is 24.2 Å². The monoisotopic (exact) mass is 268 g/mol. The Morgan fingerprint density at radius 2 is 2.37 bits per heavy atom. The van der Waals surface area contributed by atoms with Crippen LogP contribution >= 0.6 is 0 Å². The number of aliphatic hydroxyl groups excluding tert-OH is 1. The van der Waals surface area contributed by atoms with E-state index in [9.17, 15) is 4.39 Å². The molecule has 1 unspecified atom stereocenters. The average molecular weight is 268 g/mol. The highest BCUT2D eigenvalue weighted by Crippen LogP contribution is 2.22. The van der Waals surface area contributed by atoms with E-state index in [-0.39, 0.29) is 18.5 Å². The highest BCUT2D eigenvalue weighted by molar-refractivity contribution is 5.49. The van der Waals surface area contributed by atoms with E-state index in [1.165, 1.54) is 0 Å². The first-order chi connectivity index (χ1) is 9.24. The second kappa shape index (κ2) is 6.84. The standard InChI is InChI=1S/C14H21FN2O2/c1-2-16-8-11-3-4-14(13(15)7-11)17-5-6-19-12(9-17)10-18/h3-4,7,12,16,18H,2,5-6,8-10H2,1H3. The fraction of sp³-hybridized carbons (Fsp3) is 0.571. The number of morpholine rings is 1. The van der Waals surface area contributed by atoms with Gasteiger partial charge in [-0.15, -0.1) is 0 Å². The molecular weight excluding hydrogens is 247 g/mol. The van der Waals surface area contributed by atoms with Crippen molar-refractivity contribution in [2.24, 2.45) is 0 Å². The summed E-state index contributed by atoms with van der Waals surface area (Å²) in [6.45, 7) is 5.23. The molecule has 1 fully saturated rings. The zero-order chi connectivity index (χ0) is 13.7. The molecule has 2 rings (SSSR count). The summed E-state index contributed by atoms with van der Waals surface area (Å²) in [5.74, 6) is -0.214. The van der Waals surface area contributed by atoms with Gasteiger partial charge in [0.2, 0.25) is 0 Å². The molecule has 5 heteroatoms. The summed E-state index contributed by atoms with van der Waals surface area (Å²) in [5.41, 5.74) is 1.53. The van der Waals surface area contributed by atoms with Crippen LogP contribution in [-0.4, -0.2) is 44.1 Å². The van der Waals surface area contributed by atoms with E-state index in [0.717, 1.165) is 12.1 Å². The quantitative estimate of drug-likeness (QED) is 0.840. The van der Waals surface area contributed by atoms with Gasteiger partial charge in [0.25, 0.3) is 0 Å². The first kappa shape index (κ1) is 14.2. The van der Waals surface area contributed by atoms with Crippen LogP contribution in [0.25, 0.3) is 0 Å². The molecule has 0 spiro atoms. The summed E-state index contributed by atoms with van der Waals surface area (Å²) in [6.07, 6.45) is -0.227. The largest absolute Gasteiger partial charge is 0.394 e. The third-order valence-electron chi connectivity index (χ3n) is 3.27. The lowest BCUT2D eigenvalue weighted by Crippen LogP contribution is -2.44. The number of hydrogen-bond donors (Lipinski definition) is 2. The summed E-state index contributed by atoms with van der Waals surface area (Å²) < 4.78 is 19.5. The molecule has 1 aliphatic rings. The summed E-state index contributed by atoms with van der Waals surface area (Å²) in [5, 5.41) is 12.3. The lowest BCUT2D eigenvalue weighted by atomic mass is 10.1. The maximum Gasteiger partial charge on any atom is 0.146 e. The Morgan fingerprint density at radius 1 is 1.53 bits per heavy atom. The normalized spacial score (nSPS) is 19.7. The minimum Gasteiger partial charge on any atom is -0.394 e. The van der Waals surface area contributed by atoms with Gasteiger partial charge in [0.15, 0.2) is 0 Å². The van der Waals surface area contributed by atoms with E-state index >= 15 is 0 Å². The van der Waals surface area contributed by atoms with Crippen LogP contribution in [-0.2, 0) is 11.3 Å². The molecule has 0 aliphatic carbocycles. The fourth-order valence-corrected chi connectivity index (χ4v) is 2.23. The predicted molar refractivity (Wildman–Crippen MR) is 72.8 cm³/mol. The van der Waals surface area contributed by atoms with Crippen molar-refractivity contribution >= 4 is 5.69 Å². The van der Waals surface area contributed by atoms with Gasteiger partial charge >= 0.3 is 0 Å². The van der Waals surface area contributed by atoms with E-state index < -0.39 is 0 Å². The fourth-order valence-electron chi connectivity index (χ4n) is 2.23. The van der Waals surface area contributed by atoms with Crippen molar-refractivity contribution in [3.05, 3.63) is 29.6 Å². The first-order valence-corrected chi connectivity index (χ1v) is 6.71. The Hall–Kier alpha value is -1.17. The predicted octanol–water partition coefficient (Wildman–Crippen LogP) is 1.13. The Balaban J connectivity index is 2.07. The van der Waals surface area contributed by atoms with E-state index in [0.29, 0.717) is 31.9 Å². The Kier molecular flexibility index (Phi) is 5.13. The molecule has 0 bridgehead atoms. The maximum atomic E-state index is 14.1. The van der Waals surface area contributed by atoms with Crippen molar-refractivity contribution in [3.63, 3.8) is 0 Å². The molecule has 0 aromatic heterocycles. The van der Waals surface area contributed by atoms with Crippen molar-refractivity contribution in [3.8, 4) is 0 Å². The molecule has 1 aliphatic heterocycles. The molecule has 19 heavy (non-hydrogen) atoms. The van der Waals surface area contributed by atoms with Gasteiger partial charge in [0.05, 0.1) is 25.0 Å². The Labute approximate surface area is 113 Å². The SMILES string of the molecule is CCNCc1ccc(N2CCOC(CO)C2)c(F)c1. The minimum absolute atomic E-state index is 0.0311. The van der Waals surface area contributed by atoms with Crippen LogP contribution in [0.15, 0.2) is 18.2 Å². The van der Waals surface area contributed by atoms with Gasteiger partial charge in [0.1, 0.15) is 5.82 Å². The highest BCUT2D eigenvalue weighted by atomic mass is 19.1. The summed E-state index contributed by atoms with van der Waals surface area (Å²) >= 11 is 0. The van der Waals surface area contributed by atoms with Crippen molar-refractivity contribution < 1.29 is 14.2 Å². The molecule has 1 aromatic carbocycles. The zero-order valence-electron chi connectivity index (χ0n) is 11.2. The van der Waals surface area contributed by atoms with Crippen LogP contribution in [0.5, 0.6) is 0 Å². The number of aliphatic hydroxyl groups is 1. The molecular formula is C14H21FN2O2. The van der Waals surface area contributed by atoms with Crippen LogP contribution in [0.4, 0.5) is 10.1 Å². The van der Waals surface area contributed by atoms with E-state index in [2.05, 4.69) is 5.32 Å². The van der Waals surface area contributed by atoms with Gasteiger partial charge < -0.3 is 20.1 Å². The molecule has 1 aromatic rings. The Bertz CT molecular complexity index is 414. The van der Waals surface area contributed by atoms with Crippen molar-refractivity contribution in [1.82, 2.24) is 5.32 Å². The third-order valence-corrected chi connectivity index (χ3v) is 3.27. The Morgan fingerprint density at radius 3 is 3.05 bits per heavy atom. The first-order valence-electron chi connectivity index (χ1n) is 6.71. The van der Waals surface area contributed by atoms with Gasteiger partial charge in [0, 0.05) is 19.6 Å². The van der Waals surface area contributed by atoms with Gasteiger partial charge in [-0.1, -0.05) is 13.0 Å². The topological polar surface area (TPSA) is 44.7 Å². The molecule has 1 heterocycles. The summed E-state index contributed by atoms with van der Waals surface area (Å²) in [4.78, 5) is 1.93. The van der Waals surface area contributed by atoms with Gasteiger partial charge in [-0.2, -0.15) is 0 Å². The lowest BCUT2D eigenvalue weighted by molar-refractivity contribution is 0.00341. The van der Waals surface area contributed by atoms with Crippen LogP contribution in [0, 0.1) is 5.82 Å². The van der Waals surface area contributed by atoms with E-state index in [1.807, 2.05) is 24.0 Å². The van der Waals surface area contributed by atoms with Crippen LogP contribution < -0.4 is 10.2 Å². The highest BCUT2D eigenvalue weighted by Gasteiger charge is 2.21.